The number of nitro groups is 1. The summed E-state index contributed by atoms with van der Waals surface area (Å²) in [5.74, 6) is -0.453. The van der Waals surface area contributed by atoms with Gasteiger partial charge < -0.3 is 9.30 Å². The molecule has 1 aromatic carbocycles. The van der Waals surface area contributed by atoms with Crippen molar-refractivity contribution in [1.82, 2.24) is 14.3 Å². The van der Waals surface area contributed by atoms with Crippen LogP contribution in [0.3, 0.4) is 0 Å². The van der Waals surface area contributed by atoms with Gasteiger partial charge in [0.05, 0.1) is 21.7 Å². The Morgan fingerprint density at radius 2 is 2.18 bits per heavy atom. The van der Waals surface area contributed by atoms with Crippen LogP contribution in [0.1, 0.15) is 37.3 Å². The third-order valence-corrected chi connectivity index (χ3v) is 5.14. The Labute approximate surface area is 165 Å². The Kier molecular flexibility index (Phi) is 6.00. The Bertz CT molecular complexity index is 1080. The molecule has 9 nitrogen and oxygen atoms in total. The van der Waals surface area contributed by atoms with Crippen molar-refractivity contribution < 1.29 is 14.5 Å². The number of aromatic nitrogens is 3. The highest BCUT2D eigenvalue weighted by molar-refractivity contribution is 7.16. The van der Waals surface area contributed by atoms with Crippen LogP contribution in [0.4, 0.5) is 5.69 Å². The van der Waals surface area contributed by atoms with E-state index in [4.69, 9.17) is 4.74 Å². The van der Waals surface area contributed by atoms with Crippen molar-refractivity contribution in [1.29, 1.82) is 0 Å². The Balaban J connectivity index is 2.05. The number of amides is 1. The smallest absolute Gasteiger partial charge is 0.300 e. The number of nitro benzene ring substituents is 1. The summed E-state index contributed by atoms with van der Waals surface area (Å²) in [6.07, 6.45) is 1.74. The average molecular weight is 403 g/mol. The second-order valence-electron chi connectivity index (χ2n) is 6.33. The predicted octanol–water partition coefficient (Wildman–Crippen LogP) is 3.17. The second kappa shape index (κ2) is 8.44. The molecule has 2 aromatic heterocycles. The summed E-state index contributed by atoms with van der Waals surface area (Å²) in [7, 11) is 0. The largest absolute Gasteiger partial charge is 0.380 e. The monoisotopic (exact) mass is 403 g/mol. The lowest BCUT2D eigenvalue weighted by Crippen LogP contribution is -2.20. The third kappa shape index (κ3) is 4.18. The van der Waals surface area contributed by atoms with Crippen molar-refractivity contribution in [2.75, 3.05) is 13.2 Å². The van der Waals surface area contributed by atoms with E-state index < -0.39 is 10.8 Å². The van der Waals surface area contributed by atoms with Crippen LogP contribution in [-0.4, -0.2) is 38.4 Å². The SMILES string of the molecule is CCOCCn1c(=NC(=O)c2ccn(C(C)C)n2)sc2cc([N+](=O)[O-])ccc21. The summed E-state index contributed by atoms with van der Waals surface area (Å²) in [5, 5.41) is 15.3. The zero-order chi connectivity index (χ0) is 20.3. The number of nitrogens with zero attached hydrogens (tertiary/aromatic N) is 5. The van der Waals surface area contributed by atoms with Crippen LogP contribution < -0.4 is 4.80 Å². The van der Waals surface area contributed by atoms with E-state index in [0.717, 1.165) is 5.52 Å². The van der Waals surface area contributed by atoms with Crippen molar-refractivity contribution in [3.8, 4) is 0 Å². The maximum atomic E-state index is 12.6. The fourth-order valence-electron chi connectivity index (χ4n) is 2.66. The van der Waals surface area contributed by atoms with Gasteiger partial charge in [-0.25, -0.2) is 0 Å². The highest BCUT2D eigenvalue weighted by atomic mass is 32.1. The molecule has 0 aliphatic heterocycles. The number of hydrogen-bond donors (Lipinski definition) is 0. The standard InChI is InChI=1S/C18H21N5O4S/c1-4-27-10-9-21-15-6-5-13(23(25)26)11-16(15)28-18(21)19-17(24)14-7-8-22(20-14)12(2)3/h5-8,11-12H,4,9-10H2,1-3H3. The van der Waals surface area contributed by atoms with Crippen molar-refractivity contribution in [2.45, 2.75) is 33.4 Å². The molecular formula is C18H21N5O4S. The van der Waals surface area contributed by atoms with Crippen molar-refractivity contribution in [3.63, 3.8) is 0 Å². The number of non-ortho nitro benzene ring substituents is 1. The molecule has 0 saturated carbocycles. The molecule has 28 heavy (non-hydrogen) atoms. The molecule has 0 aliphatic rings. The second-order valence-corrected chi connectivity index (χ2v) is 7.34. The molecule has 3 aromatic rings. The molecule has 2 heterocycles. The minimum absolute atomic E-state index is 0.000684. The number of carbonyl (C=O) groups is 1. The lowest BCUT2D eigenvalue weighted by atomic mass is 10.3. The van der Waals surface area contributed by atoms with E-state index in [2.05, 4.69) is 10.1 Å². The van der Waals surface area contributed by atoms with Crippen LogP contribution >= 0.6 is 11.3 Å². The van der Waals surface area contributed by atoms with Gasteiger partial charge >= 0.3 is 0 Å². The van der Waals surface area contributed by atoms with Gasteiger partial charge in [0.1, 0.15) is 0 Å². The number of carbonyl (C=O) groups excluding carboxylic acids is 1. The fraction of sp³-hybridized carbons (Fsp3) is 0.389. The Morgan fingerprint density at radius 1 is 1.39 bits per heavy atom. The van der Waals surface area contributed by atoms with Crippen LogP contribution in [-0.2, 0) is 11.3 Å². The van der Waals surface area contributed by atoms with Gasteiger partial charge in [0.2, 0.25) is 0 Å². The van der Waals surface area contributed by atoms with Crippen LogP contribution in [0, 0.1) is 10.1 Å². The summed E-state index contributed by atoms with van der Waals surface area (Å²) in [4.78, 5) is 27.9. The van der Waals surface area contributed by atoms with Crippen molar-refractivity contribution >= 4 is 33.1 Å². The third-order valence-electron chi connectivity index (χ3n) is 4.09. The van der Waals surface area contributed by atoms with Crippen LogP contribution in [0.5, 0.6) is 0 Å². The lowest BCUT2D eigenvalue weighted by Gasteiger charge is -2.05. The van der Waals surface area contributed by atoms with Gasteiger partial charge in [0, 0.05) is 37.5 Å². The van der Waals surface area contributed by atoms with E-state index in [1.807, 2.05) is 25.3 Å². The number of hydrogen-bond acceptors (Lipinski definition) is 6. The van der Waals surface area contributed by atoms with Crippen LogP contribution in [0.25, 0.3) is 10.2 Å². The first kappa shape index (κ1) is 19.9. The lowest BCUT2D eigenvalue weighted by molar-refractivity contribution is -0.384. The number of thiazole rings is 1. The van der Waals surface area contributed by atoms with E-state index in [0.29, 0.717) is 29.3 Å². The average Bonchev–Trinajstić information content (AvgIpc) is 3.27. The molecule has 1 amide bonds. The van der Waals surface area contributed by atoms with E-state index >= 15 is 0 Å². The predicted molar refractivity (Wildman–Crippen MR) is 105 cm³/mol. The van der Waals surface area contributed by atoms with E-state index in [9.17, 15) is 14.9 Å². The Hall–Kier alpha value is -2.85. The van der Waals surface area contributed by atoms with Crippen LogP contribution in [0.2, 0.25) is 0 Å². The van der Waals surface area contributed by atoms with Gasteiger partial charge in [-0.2, -0.15) is 10.1 Å². The normalized spacial score (nSPS) is 12.2. The first-order valence-corrected chi connectivity index (χ1v) is 9.72. The molecule has 10 heteroatoms. The maximum absolute atomic E-state index is 12.6. The number of fused-ring (bicyclic) bond motifs is 1. The first-order valence-electron chi connectivity index (χ1n) is 8.90. The zero-order valence-electron chi connectivity index (χ0n) is 15.9. The molecular weight excluding hydrogens is 382 g/mol. The van der Waals surface area contributed by atoms with Gasteiger partial charge in [-0.3, -0.25) is 19.6 Å². The fourth-order valence-corrected chi connectivity index (χ4v) is 3.75. The molecule has 0 N–H and O–H groups in total. The summed E-state index contributed by atoms with van der Waals surface area (Å²) in [5.41, 5.74) is 1.03. The highest BCUT2D eigenvalue weighted by Crippen LogP contribution is 2.23. The van der Waals surface area contributed by atoms with Gasteiger partial charge in [0.15, 0.2) is 10.5 Å². The molecule has 0 fully saturated rings. The molecule has 0 unspecified atom stereocenters. The number of benzene rings is 1. The maximum Gasteiger partial charge on any atom is 0.300 e. The minimum atomic E-state index is -0.453. The Morgan fingerprint density at radius 3 is 2.82 bits per heavy atom. The summed E-state index contributed by atoms with van der Waals surface area (Å²) in [6.45, 7) is 7.35. The van der Waals surface area contributed by atoms with Crippen molar-refractivity contribution in [3.05, 3.63) is 51.1 Å². The summed E-state index contributed by atoms with van der Waals surface area (Å²) >= 11 is 1.23. The van der Waals surface area contributed by atoms with E-state index in [1.165, 1.54) is 23.5 Å². The van der Waals surface area contributed by atoms with E-state index in [-0.39, 0.29) is 17.4 Å². The molecule has 0 bridgehead atoms. The first-order chi connectivity index (χ1) is 13.4. The molecule has 0 radical (unpaired) electrons. The molecule has 0 spiro atoms. The summed E-state index contributed by atoms with van der Waals surface area (Å²) in [6, 6.07) is 6.39. The zero-order valence-corrected chi connectivity index (χ0v) is 16.7. The minimum Gasteiger partial charge on any atom is -0.380 e. The quantitative estimate of drug-likeness (QED) is 0.342. The topological polar surface area (TPSA) is 105 Å². The number of rotatable bonds is 7. The summed E-state index contributed by atoms with van der Waals surface area (Å²) < 4.78 is 9.65. The molecule has 0 aliphatic carbocycles. The molecule has 148 valence electrons. The van der Waals surface area contributed by atoms with Gasteiger partial charge in [-0.1, -0.05) is 11.3 Å². The van der Waals surface area contributed by atoms with Gasteiger partial charge in [-0.05, 0) is 32.9 Å². The molecule has 0 atom stereocenters. The van der Waals surface area contributed by atoms with Crippen LogP contribution in [0.15, 0.2) is 35.5 Å². The van der Waals surface area contributed by atoms with Gasteiger partial charge in [-0.15, -0.1) is 0 Å². The van der Waals surface area contributed by atoms with E-state index in [1.54, 1.807) is 23.0 Å². The molecule has 3 rings (SSSR count). The molecule has 0 saturated heterocycles. The number of ether oxygens (including phenoxy) is 1. The van der Waals surface area contributed by atoms with Crippen molar-refractivity contribution in [2.24, 2.45) is 4.99 Å². The van der Waals surface area contributed by atoms with Gasteiger partial charge in [0.25, 0.3) is 11.6 Å². The highest BCUT2D eigenvalue weighted by Gasteiger charge is 2.14.